The molecule has 3 N–H and O–H groups in total. The van der Waals surface area contributed by atoms with Crippen LogP contribution >= 0.6 is 0 Å². The zero-order valence-electron chi connectivity index (χ0n) is 10.6. The number of urea groups is 1. The Morgan fingerprint density at radius 2 is 2.26 bits per heavy atom. The van der Waals surface area contributed by atoms with Crippen LogP contribution in [-0.2, 0) is 22.1 Å². The zero-order chi connectivity index (χ0) is 14.4. The maximum atomic E-state index is 11.6. The molecule has 8 nitrogen and oxygen atoms in total. The lowest BCUT2D eigenvalue weighted by molar-refractivity contribution is -0.137. The third kappa shape index (κ3) is 6.00. The van der Waals surface area contributed by atoms with E-state index in [0.29, 0.717) is 11.4 Å². The summed E-state index contributed by atoms with van der Waals surface area (Å²) in [6.07, 6.45) is 4.33. The van der Waals surface area contributed by atoms with Gasteiger partial charge in [-0.05, 0) is 6.92 Å². The molecule has 0 saturated heterocycles. The van der Waals surface area contributed by atoms with Crippen LogP contribution in [0, 0.1) is 0 Å². The number of rotatable bonds is 6. The molecule has 0 spiro atoms. The van der Waals surface area contributed by atoms with Crippen molar-refractivity contribution >= 4 is 28.5 Å². The molecule has 0 bridgehead atoms. The maximum Gasteiger partial charge on any atom is 0.325 e. The minimum atomic E-state index is -1.02. The summed E-state index contributed by atoms with van der Waals surface area (Å²) < 4.78 is 12.2. The van der Waals surface area contributed by atoms with Gasteiger partial charge in [0, 0.05) is 35.0 Å². The molecule has 0 aliphatic carbocycles. The Bertz CT molecular complexity index is 488. The van der Waals surface area contributed by atoms with Gasteiger partial charge in [-0.15, -0.1) is 0 Å². The van der Waals surface area contributed by atoms with Gasteiger partial charge in [0.15, 0.2) is 0 Å². The molecule has 0 aromatic carbocycles. The summed E-state index contributed by atoms with van der Waals surface area (Å²) in [7, 11) is -0.985. The van der Waals surface area contributed by atoms with Gasteiger partial charge in [0.05, 0.1) is 11.9 Å². The van der Waals surface area contributed by atoms with Crippen LogP contribution in [0.2, 0.25) is 0 Å². The minimum Gasteiger partial charge on any atom is -0.480 e. The Labute approximate surface area is 112 Å². The highest BCUT2D eigenvalue weighted by atomic mass is 32.2. The smallest absolute Gasteiger partial charge is 0.325 e. The molecule has 0 fully saturated rings. The molecular weight excluding hydrogens is 272 g/mol. The number of nitrogens with zero attached hydrogens (tertiary/aromatic N) is 2. The molecule has 0 saturated carbocycles. The first-order valence-corrected chi connectivity index (χ1v) is 7.21. The lowest BCUT2D eigenvalue weighted by atomic mass is 10.4. The number of carbonyl (C=O) groups is 2. The number of aromatic nitrogens is 2. The van der Waals surface area contributed by atoms with Crippen molar-refractivity contribution < 1.29 is 18.9 Å². The van der Waals surface area contributed by atoms with E-state index in [0.717, 1.165) is 0 Å². The van der Waals surface area contributed by atoms with Crippen molar-refractivity contribution in [3.05, 3.63) is 12.4 Å². The average Bonchev–Trinajstić information content (AvgIpc) is 2.62. The number of carboxylic acid groups (broad SMARTS) is 1. The second kappa shape index (κ2) is 6.88. The topological polar surface area (TPSA) is 113 Å². The average molecular weight is 288 g/mol. The van der Waals surface area contributed by atoms with Crippen molar-refractivity contribution in [1.29, 1.82) is 0 Å². The van der Waals surface area contributed by atoms with Crippen LogP contribution in [0.3, 0.4) is 0 Å². The van der Waals surface area contributed by atoms with E-state index in [1.54, 1.807) is 13.2 Å². The summed E-state index contributed by atoms with van der Waals surface area (Å²) >= 11 is 0. The van der Waals surface area contributed by atoms with Crippen LogP contribution in [0.5, 0.6) is 0 Å². The van der Waals surface area contributed by atoms with E-state index < -0.39 is 22.8 Å². The second-order valence-corrected chi connectivity index (χ2v) is 5.54. The van der Waals surface area contributed by atoms with E-state index in [4.69, 9.17) is 5.11 Å². The lowest BCUT2D eigenvalue weighted by Crippen LogP contribution is -2.38. The van der Waals surface area contributed by atoms with Gasteiger partial charge in [0.1, 0.15) is 6.54 Å². The van der Waals surface area contributed by atoms with Crippen LogP contribution in [0.25, 0.3) is 0 Å². The van der Waals surface area contributed by atoms with Crippen molar-refractivity contribution in [3.8, 4) is 0 Å². The molecule has 9 heteroatoms. The van der Waals surface area contributed by atoms with E-state index in [1.807, 2.05) is 0 Å². The fraction of sp³-hybridized carbons (Fsp3) is 0.500. The van der Waals surface area contributed by atoms with Crippen molar-refractivity contribution in [3.63, 3.8) is 0 Å². The van der Waals surface area contributed by atoms with E-state index in [-0.39, 0.29) is 12.6 Å². The van der Waals surface area contributed by atoms with Gasteiger partial charge in [-0.25, -0.2) is 4.79 Å². The molecule has 2 amide bonds. The Kier molecular flexibility index (Phi) is 5.49. The normalized spacial score (nSPS) is 13.6. The number of hydrogen-bond acceptors (Lipinski definition) is 4. The van der Waals surface area contributed by atoms with Crippen LogP contribution in [-0.4, -0.2) is 49.1 Å². The Balaban J connectivity index is 2.46. The van der Waals surface area contributed by atoms with E-state index in [2.05, 4.69) is 15.7 Å². The molecule has 0 aliphatic heterocycles. The van der Waals surface area contributed by atoms with E-state index in [9.17, 15) is 13.8 Å². The summed E-state index contributed by atoms with van der Waals surface area (Å²) in [5.41, 5.74) is 0.392. The second-order valence-electron chi connectivity index (χ2n) is 4.06. The number of nitrogens with one attached hydrogen (secondary N) is 2. The van der Waals surface area contributed by atoms with Crippen molar-refractivity contribution in [2.24, 2.45) is 0 Å². The molecule has 2 atom stereocenters. The van der Waals surface area contributed by atoms with Gasteiger partial charge >= 0.3 is 12.0 Å². The quantitative estimate of drug-likeness (QED) is 0.674. The summed E-state index contributed by atoms with van der Waals surface area (Å²) in [5.74, 6) is -0.649. The Morgan fingerprint density at radius 3 is 2.84 bits per heavy atom. The third-order valence-electron chi connectivity index (χ3n) is 2.05. The molecule has 1 aromatic heterocycles. The van der Waals surface area contributed by atoms with E-state index in [1.165, 1.54) is 17.1 Å². The molecule has 1 rings (SSSR count). The number of carboxylic acids is 1. The van der Waals surface area contributed by atoms with Gasteiger partial charge in [-0.1, -0.05) is 0 Å². The first-order chi connectivity index (χ1) is 8.86. The van der Waals surface area contributed by atoms with Crippen molar-refractivity contribution in [2.45, 2.75) is 19.5 Å². The first-order valence-electron chi connectivity index (χ1n) is 5.48. The summed E-state index contributed by atoms with van der Waals surface area (Å²) in [6, 6.07) is -0.673. The van der Waals surface area contributed by atoms with Crippen molar-refractivity contribution in [2.75, 3.05) is 17.3 Å². The highest BCUT2D eigenvalue weighted by molar-refractivity contribution is 7.84. The molecule has 2 unspecified atom stereocenters. The Hall–Kier alpha value is -1.90. The number of hydrogen-bond donors (Lipinski definition) is 3. The number of carbonyl (C=O) groups excluding carboxylic acids is 1. The van der Waals surface area contributed by atoms with E-state index >= 15 is 0 Å². The zero-order valence-corrected chi connectivity index (χ0v) is 11.4. The highest BCUT2D eigenvalue weighted by Crippen LogP contribution is 2.04. The van der Waals surface area contributed by atoms with Crippen LogP contribution in [0.4, 0.5) is 10.5 Å². The molecule has 1 heterocycles. The lowest BCUT2D eigenvalue weighted by Gasteiger charge is -2.12. The molecule has 0 aliphatic rings. The summed E-state index contributed by atoms with van der Waals surface area (Å²) in [5, 5.41) is 17.5. The number of anilines is 1. The fourth-order valence-corrected chi connectivity index (χ4v) is 2.23. The summed E-state index contributed by atoms with van der Waals surface area (Å²) in [6.45, 7) is 1.48. The van der Waals surface area contributed by atoms with Crippen LogP contribution < -0.4 is 10.6 Å². The predicted octanol–water partition coefficient (Wildman–Crippen LogP) is -0.144. The highest BCUT2D eigenvalue weighted by Gasteiger charge is 2.10. The first kappa shape index (κ1) is 15.2. The van der Waals surface area contributed by atoms with Gasteiger partial charge in [-0.2, -0.15) is 5.10 Å². The maximum absolute atomic E-state index is 11.6. The van der Waals surface area contributed by atoms with Gasteiger partial charge in [0.2, 0.25) is 0 Å². The molecule has 19 heavy (non-hydrogen) atoms. The molecule has 0 radical (unpaired) electrons. The SMILES string of the molecule is CC(CS(C)=O)NC(=O)Nc1cnn(CC(=O)O)c1. The van der Waals surface area contributed by atoms with Crippen LogP contribution in [0.15, 0.2) is 12.4 Å². The predicted molar refractivity (Wildman–Crippen MR) is 70.4 cm³/mol. The standard InChI is InChI=1S/C10H16N4O4S/c1-7(6-19(2)18)12-10(17)13-8-3-11-14(4-8)5-9(15)16/h3-4,7H,5-6H2,1-2H3,(H,15,16)(H2,12,13,17). The van der Waals surface area contributed by atoms with Crippen molar-refractivity contribution in [1.82, 2.24) is 15.1 Å². The third-order valence-corrected chi connectivity index (χ3v) is 3.02. The number of aliphatic carboxylic acids is 1. The monoisotopic (exact) mass is 288 g/mol. The largest absolute Gasteiger partial charge is 0.480 e. The van der Waals surface area contributed by atoms with Gasteiger partial charge in [0.25, 0.3) is 0 Å². The fourth-order valence-electron chi connectivity index (χ4n) is 1.44. The molecular formula is C10H16N4O4S. The van der Waals surface area contributed by atoms with Gasteiger partial charge in [-0.3, -0.25) is 13.7 Å². The number of amides is 2. The van der Waals surface area contributed by atoms with Crippen LogP contribution in [0.1, 0.15) is 6.92 Å². The molecule has 106 valence electrons. The molecule has 1 aromatic rings. The summed E-state index contributed by atoms with van der Waals surface area (Å²) in [4.78, 5) is 22.0. The minimum absolute atomic E-state index is 0.222. The van der Waals surface area contributed by atoms with Gasteiger partial charge < -0.3 is 15.7 Å². The Morgan fingerprint density at radius 1 is 1.58 bits per heavy atom.